The van der Waals surface area contributed by atoms with Crippen molar-refractivity contribution in [1.29, 1.82) is 0 Å². The van der Waals surface area contributed by atoms with Gasteiger partial charge in [0.2, 0.25) is 5.91 Å². The molecule has 0 N–H and O–H groups in total. The Labute approximate surface area is 159 Å². The number of nitrogens with zero attached hydrogens (tertiary/aromatic N) is 2. The molecule has 0 radical (unpaired) electrons. The van der Waals surface area contributed by atoms with Gasteiger partial charge in [0.15, 0.2) is 4.80 Å². The van der Waals surface area contributed by atoms with Crippen LogP contribution in [0, 0.1) is 0 Å². The topological polar surface area (TPSA) is 34.4 Å². The lowest BCUT2D eigenvalue weighted by Crippen LogP contribution is -2.16. The Hall–Kier alpha value is -1.88. The van der Waals surface area contributed by atoms with Crippen molar-refractivity contribution in [3.8, 4) is 0 Å². The Morgan fingerprint density at radius 2 is 2.00 bits per heavy atom. The number of aryl methyl sites for hydroxylation is 1. The predicted octanol–water partition coefficient (Wildman–Crippen LogP) is 5.26. The van der Waals surface area contributed by atoms with E-state index in [4.69, 9.17) is 23.2 Å². The first-order valence-corrected chi connectivity index (χ1v) is 9.36. The lowest BCUT2D eigenvalue weighted by atomic mass is 10.1. The zero-order chi connectivity index (χ0) is 17.8. The number of benzene rings is 2. The molecule has 3 rings (SSSR count). The fourth-order valence-electron chi connectivity index (χ4n) is 2.57. The lowest BCUT2D eigenvalue weighted by Gasteiger charge is -2.03. The number of carbonyl (C=O) groups is 1. The van der Waals surface area contributed by atoms with E-state index < -0.39 is 0 Å². The Bertz CT molecular complexity index is 990. The van der Waals surface area contributed by atoms with E-state index in [9.17, 15) is 4.79 Å². The highest BCUT2D eigenvalue weighted by Crippen LogP contribution is 2.29. The maximum Gasteiger partial charge on any atom is 0.248 e. The highest BCUT2D eigenvalue weighted by Gasteiger charge is 2.11. The van der Waals surface area contributed by atoms with Gasteiger partial charge in [0.1, 0.15) is 0 Å². The van der Waals surface area contributed by atoms with E-state index in [2.05, 4.69) is 11.6 Å². The van der Waals surface area contributed by atoms with Crippen LogP contribution in [0.15, 0.2) is 60.1 Å². The van der Waals surface area contributed by atoms with Crippen LogP contribution in [0.1, 0.15) is 12.0 Å². The van der Waals surface area contributed by atoms with Crippen molar-refractivity contribution >= 4 is 50.7 Å². The second kappa shape index (κ2) is 8.00. The molecule has 1 aromatic heterocycles. The van der Waals surface area contributed by atoms with Crippen LogP contribution in [0.5, 0.6) is 0 Å². The van der Waals surface area contributed by atoms with Crippen LogP contribution < -0.4 is 4.80 Å². The van der Waals surface area contributed by atoms with Crippen molar-refractivity contribution in [1.82, 2.24) is 4.57 Å². The third-order valence-electron chi connectivity index (χ3n) is 3.70. The fourth-order valence-corrected chi connectivity index (χ4v) is 4.41. The molecule has 0 spiro atoms. The van der Waals surface area contributed by atoms with Crippen molar-refractivity contribution in [3.63, 3.8) is 0 Å². The molecule has 0 fully saturated rings. The number of fused-ring (bicyclic) bond motifs is 1. The quantitative estimate of drug-likeness (QED) is 0.547. The van der Waals surface area contributed by atoms with E-state index in [-0.39, 0.29) is 5.91 Å². The molecular formula is C19H16Cl2N2OS. The molecule has 0 aliphatic rings. The third kappa shape index (κ3) is 4.21. The number of halogens is 2. The number of amides is 1. The maximum atomic E-state index is 12.3. The molecule has 0 saturated heterocycles. The summed E-state index contributed by atoms with van der Waals surface area (Å²) in [6, 6.07) is 13.4. The van der Waals surface area contributed by atoms with Gasteiger partial charge in [-0.25, -0.2) is 0 Å². The number of rotatable bonds is 5. The van der Waals surface area contributed by atoms with Crippen molar-refractivity contribution in [2.45, 2.75) is 19.4 Å². The smallest absolute Gasteiger partial charge is 0.248 e. The van der Waals surface area contributed by atoms with E-state index >= 15 is 0 Å². The molecule has 0 saturated carbocycles. The summed E-state index contributed by atoms with van der Waals surface area (Å²) in [5.74, 6) is -0.157. The highest BCUT2D eigenvalue weighted by molar-refractivity contribution is 7.16. The molecule has 128 valence electrons. The Kier molecular flexibility index (Phi) is 5.74. The van der Waals surface area contributed by atoms with Crippen molar-refractivity contribution < 1.29 is 4.79 Å². The van der Waals surface area contributed by atoms with Gasteiger partial charge in [-0.2, -0.15) is 4.99 Å². The van der Waals surface area contributed by atoms with Gasteiger partial charge in [-0.15, -0.1) is 6.58 Å². The van der Waals surface area contributed by atoms with Gasteiger partial charge < -0.3 is 4.57 Å². The van der Waals surface area contributed by atoms with Crippen LogP contribution in [0.2, 0.25) is 10.0 Å². The molecule has 25 heavy (non-hydrogen) atoms. The van der Waals surface area contributed by atoms with Gasteiger partial charge in [-0.3, -0.25) is 4.79 Å². The van der Waals surface area contributed by atoms with E-state index in [1.165, 1.54) is 11.3 Å². The van der Waals surface area contributed by atoms with Crippen LogP contribution in [0.4, 0.5) is 0 Å². The zero-order valence-electron chi connectivity index (χ0n) is 13.4. The molecule has 6 heteroatoms. The minimum Gasteiger partial charge on any atom is -0.311 e. The fraction of sp³-hybridized carbons (Fsp3) is 0.158. The average Bonchev–Trinajstić information content (AvgIpc) is 2.91. The van der Waals surface area contributed by atoms with Crippen molar-refractivity contribution in [2.24, 2.45) is 4.99 Å². The summed E-state index contributed by atoms with van der Waals surface area (Å²) in [5.41, 5.74) is 1.95. The molecule has 3 nitrogen and oxygen atoms in total. The molecule has 0 aliphatic carbocycles. The number of aromatic nitrogens is 1. The first-order valence-electron chi connectivity index (χ1n) is 7.79. The normalized spacial score (nSPS) is 11.8. The summed E-state index contributed by atoms with van der Waals surface area (Å²) in [4.78, 5) is 17.2. The largest absolute Gasteiger partial charge is 0.311 e. The number of hydrogen-bond donors (Lipinski definition) is 0. The summed E-state index contributed by atoms with van der Waals surface area (Å²) in [7, 11) is 0. The van der Waals surface area contributed by atoms with Gasteiger partial charge in [0.25, 0.3) is 0 Å². The lowest BCUT2D eigenvalue weighted by molar-refractivity contribution is -0.118. The average molecular weight is 391 g/mol. The summed E-state index contributed by atoms with van der Waals surface area (Å²) >= 11 is 13.8. The first kappa shape index (κ1) is 17.9. The number of carbonyl (C=O) groups excluding carboxylic acids is 1. The zero-order valence-corrected chi connectivity index (χ0v) is 15.7. The number of thiazole rings is 1. The van der Waals surface area contributed by atoms with Crippen LogP contribution in [0.3, 0.4) is 0 Å². The maximum absolute atomic E-state index is 12.3. The summed E-state index contributed by atoms with van der Waals surface area (Å²) in [6.07, 6.45) is 2.79. The van der Waals surface area contributed by atoms with E-state index in [0.717, 1.165) is 15.8 Å². The molecule has 0 atom stereocenters. The molecule has 0 bridgehead atoms. The van der Waals surface area contributed by atoms with Crippen LogP contribution in [-0.2, 0) is 17.8 Å². The van der Waals surface area contributed by atoms with Crippen LogP contribution in [-0.4, -0.2) is 10.5 Å². The van der Waals surface area contributed by atoms with Crippen molar-refractivity contribution in [2.75, 3.05) is 0 Å². The van der Waals surface area contributed by atoms with Gasteiger partial charge in [-0.05, 0) is 24.1 Å². The second-order valence-corrected chi connectivity index (χ2v) is 7.36. The number of hydrogen-bond acceptors (Lipinski definition) is 2. The SMILES string of the molecule is C=CCn1c(=NC(=O)CCc2ccccc2)sc2cc(Cl)cc(Cl)c21. The summed E-state index contributed by atoms with van der Waals surface area (Å²) < 4.78 is 2.79. The molecular weight excluding hydrogens is 375 g/mol. The molecule has 1 amide bonds. The minimum atomic E-state index is -0.157. The molecule has 0 unspecified atom stereocenters. The van der Waals surface area contributed by atoms with Gasteiger partial charge >= 0.3 is 0 Å². The predicted molar refractivity (Wildman–Crippen MR) is 105 cm³/mol. The van der Waals surface area contributed by atoms with E-state index in [1.54, 1.807) is 12.1 Å². The number of allylic oxidation sites excluding steroid dienone is 1. The van der Waals surface area contributed by atoms with E-state index in [1.807, 2.05) is 41.0 Å². The van der Waals surface area contributed by atoms with E-state index in [0.29, 0.717) is 34.2 Å². The Morgan fingerprint density at radius 1 is 1.24 bits per heavy atom. The first-order chi connectivity index (χ1) is 12.1. The van der Waals surface area contributed by atoms with Gasteiger partial charge in [0.05, 0.1) is 15.2 Å². The van der Waals surface area contributed by atoms with Gasteiger partial charge in [0, 0.05) is 18.0 Å². The van der Waals surface area contributed by atoms with Crippen LogP contribution >= 0.6 is 34.5 Å². The van der Waals surface area contributed by atoms with Crippen LogP contribution in [0.25, 0.3) is 10.2 Å². The molecule has 3 aromatic rings. The summed E-state index contributed by atoms with van der Waals surface area (Å²) in [5, 5.41) is 1.10. The monoisotopic (exact) mass is 390 g/mol. The Balaban J connectivity index is 1.94. The van der Waals surface area contributed by atoms with Crippen molar-refractivity contribution in [3.05, 3.63) is 75.5 Å². The Morgan fingerprint density at radius 3 is 2.72 bits per heavy atom. The molecule has 2 aromatic carbocycles. The third-order valence-corrected chi connectivity index (χ3v) is 5.23. The highest BCUT2D eigenvalue weighted by atomic mass is 35.5. The minimum absolute atomic E-state index is 0.157. The molecule has 0 aliphatic heterocycles. The summed E-state index contributed by atoms with van der Waals surface area (Å²) in [6.45, 7) is 4.29. The standard InChI is InChI=1S/C19H16Cl2N2OS/c1-2-10-23-18-15(21)11-14(20)12-16(18)25-19(23)22-17(24)9-8-13-6-4-3-5-7-13/h2-7,11-12H,1,8-10H2. The second-order valence-electron chi connectivity index (χ2n) is 5.51. The molecule has 1 heterocycles. The van der Waals surface area contributed by atoms with Gasteiger partial charge in [-0.1, -0.05) is 70.9 Å².